The van der Waals surface area contributed by atoms with E-state index < -0.39 is 0 Å². The van der Waals surface area contributed by atoms with Crippen LogP contribution in [0.25, 0.3) is 0 Å². The van der Waals surface area contributed by atoms with Crippen molar-refractivity contribution in [3.05, 3.63) is 0 Å². The van der Waals surface area contributed by atoms with Crippen molar-refractivity contribution in [3.63, 3.8) is 0 Å². The van der Waals surface area contributed by atoms with E-state index in [9.17, 15) is 4.79 Å². The third-order valence-corrected chi connectivity index (χ3v) is 2.61. The highest BCUT2D eigenvalue weighted by atomic mass is 16.3. The summed E-state index contributed by atoms with van der Waals surface area (Å²) in [5.74, 6) is 0.228. The first-order valence-corrected chi connectivity index (χ1v) is 5.08. The summed E-state index contributed by atoms with van der Waals surface area (Å²) in [6.45, 7) is 4.75. The van der Waals surface area contributed by atoms with Gasteiger partial charge < -0.3 is 10.0 Å². The van der Waals surface area contributed by atoms with E-state index in [0.717, 1.165) is 25.8 Å². The maximum absolute atomic E-state index is 11.7. The maximum Gasteiger partial charge on any atom is 0.225 e. The third-order valence-electron chi connectivity index (χ3n) is 2.61. The minimum Gasteiger partial charge on any atom is -0.394 e. The van der Waals surface area contributed by atoms with Crippen molar-refractivity contribution in [2.45, 2.75) is 39.2 Å². The van der Waals surface area contributed by atoms with Gasteiger partial charge in [0.1, 0.15) is 0 Å². The Bertz CT molecular complexity index is 180. The van der Waals surface area contributed by atoms with Crippen LogP contribution < -0.4 is 0 Å². The summed E-state index contributed by atoms with van der Waals surface area (Å²) < 4.78 is 0. The summed E-state index contributed by atoms with van der Waals surface area (Å²) in [6, 6.07) is 0.0728. The highest BCUT2D eigenvalue weighted by molar-refractivity contribution is 5.78. The number of amides is 1. The van der Waals surface area contributed by atoms with Gasteiger partial charge in [0, 0.05) is 12.5 Å². The molecule has 0 bridgehead atoms. The van der Waals surface area contributed by atoms with Gasteiger partial charge in [-0.1, -0.05) is 13.8 Å². The first-order valence-electron chi connectivity index (χ1n) is 5.08. The number of hydrogen-bond donors (Lipinski definition) is 1. The molecule has 1 N–H and O–H groups in total. The molecule has 3 nitrogen and oxygen atoms in total. The smallest absolute Gasteiger partial charge is 0.225 e. The Kier molecular flexibility index (Phi) is 3.72. The second kappa shape index (κ2) is 4.61. The van der Waals surface area contributed by atoms with Crippen LogP contribution in [0.4, 0.5) is 0 Å². The number of nitrogens with zero attached hydrogens (tertiary/aromatic N) is 1. The third kappa shape index (κ3) is 2.44. The van der Waals surface area contributed by atoms with Crippen LogP contribution in [0.5, 0.6) is 0 Å². The van der Waals surface area contributed by atoms with Crippen molar-refractivity contribution in [3.8, 4) is 0 Å². The number of rotatable bonds is 2. The Balaban J connectivity index is 2.58. The van der Waals surface area contributed by atoms with Crippen LogP contribution in [0.3, 0.4) is 0 Å². The lowest BCUT2D eigenvalue weighted by molar-refractivity contribution is -0.139. The minimum absolute atomic E-state index is 0.0483. The predicted molar refractivity (Wildman–Crippen MR) is 51.3 cm³/mol. The van der Waals surface area contributed by atoms with Crippen LogP contribution in [-0.2, 0) is 4.79 Å². The molecule has 0 radical (unpaired) electrons. The fourth-order valence-electron chi connectivity index (χ4n) is 1.81. The van der Waals surface area contributed by atoms with Gasteiger partial charge >= 0.3 is 0 Å². The number of aliphatic hydroxyl groups is 1. The van der Waals surface area contributed by atoms with Gasteiger partial charge in [-0.05, 0) is 19.3 Å². The van der Waals surface area contributed by atoms with E-state index in [-0.39, 0.29) is 24.5 Å². The molecule has 0 aromatic carbocycles. The number of hydrogen-bond acceptors (Lipinski definition) is 2. The first-order chi connectivity index (χ1) is 6.16. The number of likely N-dealkylation sites (tertiary alicyclic amines) is 1. The zero-order valence-electron chi connectivity index (χ0n) is 8.49. The molecule has 1 saturated heterocycles. The fraction of sp³-hybridized carbons (Fsp3) is 0.900. The van der Waals surface area contributed by atoms with E-state index in [1.165, 1.54) is 0 Å². The number of carbonyl (C=O) groups excluding carboxylic acids is 1. The zero-order chi connectivity index (χ0) is 9.84. The molecule has 1 rings (SSSR count). The second-order valence-electron chi connectivity index (χ2n) is 4.02. The van der Waals surface area contributed by atoms with Crippen LogP contribution in [0.15, 0.2) is 0 Å². The lowest BCUT2D eigenvalue weighted by atomic mass is 10.0. The topological polar surface area (TPSA) is 40.5 Å². The van der Waals surface area contributed by atoms with Gasteiger partial charge in [-0.2, -0.15) is 0 Å². The molecular formula is C10H19NO2. The molecule has 1 fully saturated rings. The summed E-state index contributed by atoms with van der Waals surface area (Å²) in [5.41, 5.74) is 0. The SMILES string of the molecule is CC(C)C(=O)N1CCCCC1CO. The van der Waals surface area contributed by atoms with Gasteiger partial charge in [-0.3, -0.25) is 4.79 Å². The van der Waals surface area contributed by atoms with Crippen LogP contribution in [0, 0.1) is 5.92 Å². The van der Waals surface area contributed by atoms with Gasteiger partial charge in [-0.25, -0.2) is 0 Å². The van der Waals surface area contributed by atoms with Gasteiger partial charge in [0.25, 0.3) is 0 Å². The van der Waals surface area contributed by atoms with Crippen LogP contribution >= 0.6 is 0 Å². The molecule has 1 heterocycles. The van der Waals surface area contributed by atoms with E-state index in [0.29, 0.717) is 0 Å². The molecule has 1 aliphatic heterocycles. The largest absolute Gasteiger partial charge is 0.394 e. The molecular weight excluding hydrogens is 166 g/mol. The molecule has 1 aliphatic rings. The van der Waals surface area contributed by atoms with E-state index in [1.54, 1.807) is 0 Å². The van der Waals surface area contributed by atoms with Crippen molar-refractivity contribution in [1.29, 1.82) is 0 Å². The van der Waals surface area contributed by atoms with Crippen LogP contribution in [0.1, 0.15) is 33.1 Å². The fourth-order valence-corrected chi connectivity index (χ4v) is 1.81. The maximum atomic E-state index is 11.7. The molecule has 0 aromatic heterocycles. The lowest BCUT2D eigenvalue weighted by Gasteiger charge is -2.35. The molecule has 0 spiro atoms. The molecule has 1 amide bonds. The Morgan fingerprint density at radius 2 is 2.23 bits per heavy atom. The molecule has 13 heavy (non-hydrogen) atoms. The number of aliphatic hydroxyl groups excluding tert-OH is 1. The average molecular weight is 185 g/mol. The summed E-state index contributed by atoms with van der Waals surface area (Å²) in [5, 5.41) is 9.10. The Morgan fingerprint density at radius 3 is 2.77 bits per heavy atom. The molecule has 3 heteroatoms. The molecule has 76 valence electrons. The molecule has 1 unspecified atom stereocenters. The molecule has 0 aliphatic carbocycles. The summed E-state index contributed by atoms with van der Waals surface area (Å²) in [6.07, 6.45) is 3.16. The predicted octanol–water partition coefficient (Wildman–Crippen LogP) is 1.02. The minimum atomic E-state index is 0.0483. The summed E-state index contributed by atoms with van der Waals surface area (Å²) in [7, 11) is 0. The molecule has 0 aromatic rings. The highest BCUT2D eigenvalue weighted by Gasteiger charge is 2.27. The number of piperidine rings is 1. The Morgan fingerprint density at radius 1 is 1.54 bits per heavy atom. The van der Waals surface area contributed by atoms with E-state index >= 15 is 0 Å². The quantitative estimate of drug-likeness (QED) is 0.697. The Labute approximate surface area is 79.7 Å². The standard InChI is InChI=1S/C10H19NO2/c1-8(2)10(13)11-6-4-3-5-9(11)7-12/h8-9,12H,3-7H2,1-2H3. The zero-order valence-corrected chi connectivity index (χ0v) is 8.49. The van der Waals surface area contributed by atoms with Gasteiger partial charge in [0.2, 0.25) is 5.91 Å². The van der Waals surface area contributed by atoms with Gasteiger partial charge in [0.05, 0.1) is 12.6 Å². The second-order valence-corrected chi connectivity index (χ2v) is 4.02. The van der Waals surface area contributed by atoms with E-state index in [1.807, 2.05) is 18.7 Å². The monoisotopic (exact) mass is 185 g/mol. The van der Waals surface area contributed by atoms with Crippen molar-refractivity contribution in [2.75, 3.05) is 13.2 Å². The molecule has 0 saturated carbocycles. The van der Waals surface area contributed by atoms with Crippen molar-refractivity contribution >= 4 is 5.91 Å². The van der Waals surface area contributed by atoms with Crippen molar-refractivity contribution in [2.24, 2.45) is 5.92 Å². The summed E-state index contributed by atoms with van der Waals surface area (Å²) in [4.78, 5) is 13.5. The first kappa shape index (κ1) is 10.5. The normalized spacial score (nSPS) is 23.7. The van der Waals surface area contributed by atoms with Crippen LogP contribution in [0.2, 0.25) is 0 Å². The lowest BCUT2D eigenvalue weighted by Crippen LogP contribution is -2.47. The summed E-state index contributed by atoms with van der Waals surface area (Å²) >= 11 is 0. The van der Waals surface area contributed by atoms with Crippen molar-refractivity contribution < 1.29 is 9.90 Å². The highest BCUT2D eigenvalue weighted by Crippen LogP contribution is 2.18. The van der Waals surface area contributed by atoms with Gasteiger partial charge in [-0.15, -0.1) is 0 Å². The van der Waals surface area contributed by atoms with Gasteiger partial charge in [0.15, 0.2) is 0 Å². The van der Waals surface area contributed by atoms with E-state index in [4.69, 9.17) is 5.11 Å². The molecule has 1 atom stereocenters. The Hall–Kier alpha value is -0.570. The van der Waals surface area contributed by atoms with E-state index in [2.05, 4.69) is 0 Å². The van der Waals surface area contributed by atoms with Crippen LogP contribution in [-0.4, -0.2) is 35.1 Å². The van der Waals surface area contributed by atoms with Crippen molar-refractivity contribution in [1.82, 2.24) is 4.90 Å². The average Bonchev–Trinajstić information content (AvgIpc) is 2.16. The number of carbonyl (C=O) groups is 1.